The number of oxazole rings is 1. The van der Waals surface area contributed by atoms with Crippen molar-refractivity contribution in [2.45, 2.75) is 12.8 Å². The van der Waals surface area contributed by atoms with Crippen LogP contribution in [0.3, 0.4) is 0 Å². The van der Waals surface area contributed by atoms with E-state index in [2.05, 4.69) is 30.8 Å². The van der Waals surface area contributed by atoms with Crippen molar-refractivity contribution in [3.05, 3.63) is 73.1 Å². The summed E-state index contributed by atoms with van der Waals surface area (Å²) in [5.41, 5.74) is 2.39. The van der Waals surface area contributed by atoms with Crippen LogP contribution in [0.15, 0.2) is 77.5 Å². The molecule has 1 fully saturated rings. The maximum Gasteiger partial charge on any atom is 0.245 e. The number of fused-ring (bicyclic) bond motifs is 1. The molecule has 10 heteroatoms. The third-order valence-electron chi connectivity index (χ3n) is 5.74. The van der Waals surface area contributed by atoms with Gasteiger partial charge in [-0.2, -0.15) is 5.10 Å². The highest BCUT2D eigenvalue weighted by Crippen LogP contribution is 2.31. The van der Waals surface area contributed by atoms with Gasteiger partial charge in [-0.15, -0.1) is 0 Å². The van der Waals surface area contributed by atoms with E-state index in [1.165, 1.54) is 6.26 Å². The van der Waals surface area contributed by atoms with Crippen molar-refractivity contribution in [2.24, 2.45) is 5.92 Å². The predicted octanol–water partition coefficient (Wildman–Crippen LogP) is 5.41. The predicted molar refractivity (Wildman–Crippen MR) is 140 cm³/mol. The van der Waals surface area contributed by atoms with Crippen molar-refractivity contribution < 1.29 is 18.7 Å². The number of ether oxygens (including phenoxy) is 2. The molecule has 1 aliphatic rings. The van der Waals surface area contributed by atoms with Gasteiger partial charge in [0.25, 0.3) is 0 Å². The van der Waals surface area contributed by atoms with Crippen molar-refractivity contribution >= 4 is 34.1 Å². The number of H-pyrrole nitrogens is 1. The molecule has 6 rings (SSSR count). The highest BCUT2D eigenvalue weighted by atomic mass is 16.5. The number of rotatable bonds is 7. The quantitative estimate of drug-likeness (QED) is 0.272. The highest BCUT2D eigenvalue weighted by Gasteiger charge is 2.29. The number of aromatic amines is 1. The van der Waals surface area contributed by atoms with Gasteiger partial charge in [-0.1, -0.05) is 12.1 Å². The molecule has 0 atom stereocenters. The molecule has 5 aromatic rings. The highest BCUT2D eigenvalue weighted by molar-refractivity contribution is 5.94. The second-order valence-corrected chi connectivity index (χ2v) is 8.32. The van der Waals surface area contributed by atoms with Gasteiger partial charge in [0.1, 0.15) is 17.7 Å². The maximum atomic E-state index is 11.4. The minimum atomic E-state index is 0.134. The third-order valence-corrected chi connectivity index (χ3v) is 5.74. The molecule has 0 unspecified atom stereocenters. The molecule has 0 radical (unpaired) electrons. The Morgan fingerprint density at radius 3 is 2.51 bits per heavy atom. The molecule has 3 N–H and O–H groups in total. The maximum absolute atomic E-state index is 11.4. The lowest BCUT2D eigenvalue weighted by molar-refractivity contribution is -0.117. The summed E-state index contributed by atoms with van der Waals surface area (Å²) < 4.78 is 15.7. The number of amides is 1. The van der Waals surface area contributed by atoms with E-state index in [-0.39, 0.29) is 11.8 Å². The molecular formula is C27H26N6O4. The molecule has 3 heterocycles. The molecule has 2 aromatic carbocycles. The molecule has 3 aromatic heterocycles. The Morgan fingerprint density at radius 2 is 1.81 bits per heavy atom. The Bertz CT molecular complexity index is 1480. The molecule has 10 nitrogen and oxygen atoms in total. The van der Waals surface area contributed by atoms with E-state index in [0.717, 1.165) is 35.2 Å². The van der Waals surface area contributed by atoms with Crippen molar-refractivity contribution in [3.8, 4) is 23.1 Å². The molecular weight excluding hydrogens is 472 g/mol. The number of para-hydroxylation sites is 1. The Hall–Kier alpha value is -4.86. The number of anilines is 3. The Balaban J connectivity index is 0.000000171. The van der Waals surface area contributed by atoms with Crippen LogP contribution in [-0.2, 0) is 4.79 Å². The number of hydrogen-bond donors (Lipinski definition) is 3. The lowest BCUT2D eigenvalue weighted by Crippen LogP contribution is -2.12. The van der Waals surface area contributed by atoms with Gasteiger partial charge in [-0.05, 0) is 61.4 Å². The zero-order valence-electron chi connectivity index (χ0n) is 20.4. The molecule has 1 amide bonds. The first-order valence-electron chi connectivity index (χ1n) is 11.7. The summed E-state index contributed by atoms with van der Waals surface area (Å²) in [6.45, 7) is 0. The summed E-state index contributed by atoms with van der Waals surface area (Å²) in [6, 6.07) is 18.8. The third kappa shape index (κ3) is 5.69. The van der Waals surface area contributed by atoms with Gasteiger partial charge in [0.05, 0.1) is 25.9 Å². The molecule has 0 saturated heterocycles. The molecule has 1 saturated carbocycles. The van der Waals surface area contributed by atoms with E-state index < -0.39 is 0 Å². The van der Waals surface area contributed by atoms with Crippen molar-refractivity contribution in [3.63, 3.8) is 0 Å². The van der Waals surface area contributed by atoms with Crippen LogP contribution in [0, 0.1) is 5.92 Å². The van der Waals surface area contributed by atoms with E-state index in [0.29, 0.717) is 29.0 Å². The summed E-state index contributed by atoms with van der Waals surface area (Å²) in [5, 5.41) is 14.3. The topological polar surface area (TPSA) is 127 Å². The summed E-state index contributed by atoms with van der Waals surface area (Å²) >= 11 is 0. The van der Waals surface area contributed by atoms with Gasteiger partial charge in [-0.3, -0.25) is 9.89 Å². The van der Waals surface area contributed by atoms with E-state index in [9.17, 15) is 4.79 Å². The van der Waals surface area contributed by atoms with Crippen LogP contribution in [0.25, 0.3) is 22.5 Å². The fourth-order valence-corrected chi connectivity index (χ4v) is 3.60. The van der Waals surface area contributed by atoms with Gasteiger partial charge in [0.15, 0.2) is 17.4 Å². The average Bonchev–Trinajstić information content (AvgIpc) is 3.50. The van der Waals surface area contributed by atoms with Crippen LogP contribution in [0.2, 0.25) is 0 Å². The molecule has 1 aliphatic carbocycles. The van der Waals surface area contributed by atoms with Crippen LogP contribution in [0.1, 0.15) is 12.8 Å². The van der Waals surface area contributed by atoms with Crippen LogP contribution in [-0.4, -0.2) is 40.3 Å². The first-order chi connectivity index (χ1) is 18.1. The molecule has 0 spiro atoms. The number of hydrogen-bond acceptors (Lipinski definition) is 8. The summed E-state index contributed by atoms with van der Waals surface area (Å²) in [6.07, 6.45) is 5.15. The van der Waals surface area contributed by atoms with Crippen molar-refractivity contribution in [2.75, 3.05) is 24.9 Å². The van der Waals surface area contributed by atoms with Gasteiger partial charge >= 0.3 is 0 Å². The molecule has 37 heavy (non-hydrogen) atoms. The Morgan fingerprint density at radius 1 is 1.00 bits per heavy atom. The number of methoxy groups -OCH3 is 2. The molecule has 188 valence electrons. The molecule has 0 bridgehead atoms. The summed E-state index contributed by atoms with van der Waals surface area (Å²) in [5.74, 6) is 3.45. The SMILES string of the molecule is COc1ccc(-c2ncco2)nc1Nc1n[nH]c2ccccc12.COc1ccc(NC(=O)C2CC2)cc1. The van der Waals surface area contributed by atoms with Gasteiger partial charge < -0.3 is 24.5 Å². The normalized spacial score (nSPS) is 12.4. The lowest BCUT2D eigenvalue weighted by atomic mass is 10.2. The summed E-state index contributed by atoms with van der Waals surface area (Å²) in [4.78, 5) is 20.0. The number of nitrogens with one attached hydrogen (secondary N) is 3. The monoisotopic (exact) mass is 498 g/mol. The summed E-state index contributed by atoms with van der Waals surface area (Å²) in [7, 11) is 3.22. The number of nitrogens with zero attached hydrogens (tertiary/aromatic N) is 3. The first-order valence-corrected chi connectivity index (χ1v) is 11.7. The minimum Gasteiger partial charge on any atom is -0.497 e. The second-order valence-electron chi connectivity index (χ2n) is 8.32. The van der Waals surface area contributed by atoms with E-state index in [1.54, 1.807) is 26.5 Å². The Kier molecular flexibility index (Phi) is 6.98. The number of aromatic nitrogens is 4. The standard InChI is InChI=1S/C16H13N5O2.C11H13NO2/c1-22-13-7-6-12(16-17-8-9-23-16)18-15(13)19-14-10-4-2-3-5-11(10)20-21-14;1-14-10-6-4-9(5-7-10)12-11(13)8-2-3-8/h2-9H,1H3,(H2,18,19,20,21);4-8H,2-3H2,1H3,(H,12,13). The second kappa shape index (κ2) is 10.8. The fraction of sp³-hybridized carbons (Fsp3) is 0.185. The fourth-order valence-electron chi connectivity index (χ4n) is 3.60. The van der Waals surface area contributed by atoms with Crippen molar-refractivity contribution in [1.29, 1.82) is 0 Å². The van der Waals surface area contributed by atoms with E-state index >= 15 is 0 Å². The first kappa shape index (κ1) is 23.9. The van der Waals surface area contributed by atoms with E-state index in [1.807, 2.05) is 54.6 Å². The Labute approximate surface area is 213 Å². The van der Waals surface area contributed by atoms with E-state index in [4.69, 9.17) is 13.9 Å². The minimum absolute atomic E-state index is 0.134. The number of benzene rings is 2. The van der Waals surface area contributed by atoms with Crippen LogP contribution in [0.4, 0.5) is 17.3 Å². The van der Waals surface area contributed by atoms with Gasteiger partial charge in [-0.25, -0.2) is 9.97 Å². The largest absolute Gasteiger partial charge is 0.497 e. The number of carbonyl (C=O) groups is 1. The van der Waals surface area contributed by atoms with Gasteiger partial charge in [0, 0.05) is 17.0 Å². The lowest BCUT2D eigenvalue weighted by Gasteiger charge is -2.09. The van der Waals surface area contributed by atoms with Crippen LogP contribution in [0.5, 0.6) is 11.5 Å². The number of pyridine rings is 1. The zero-order valence-corrected chi connectivity index (χ0v) is 20.4. The average molecular weight is 499 g/mol. The van der Waals surface area contributed by atoms with Crippen LogP contribution < -0.4 is 20.1 Å². The molecule has 0 aliphatic heterocycles. The smallest absolute Gasteiger partial charge is 0.245 e. The number of carbonyl (C=O) groups excluding carboxylic acids is 1. The van der Waals surface area contributed by atoms with Crippen molar-refractivity contribution in [1.82, 2.24) is 20.2 Å². The zero-order chi connectivity index (χ0) is 25.6. The van der Waals surface area contributed by atoms with Gasteiger partial charge in [0.2, 0.25) is 11.8 Å². The van der Waals surface area contributed by atoms with Crippen LogP contribution >= 0.6 is 0 Å².